The standard InChI is InChI=1S/C19H24O11S/c1-10-5-7-14(8-6-10)31(24,25)26-9-15-16(27-11(2)20)17(28-12(3)21)18(19(23)30-15)29-13(4)22/h5-8,15-19,23H,9H2,1-4H3/t15-,16-,17+,18-,19-/m1/s1. The van der Waals surface area contributed by atoms with Crippen LogP contribution in [0.3, 0.4) is 0 Å². The van der Waals surface area contributed by atoms with Gasteiger partial charge in [-0.25, -0.2) is 0 Å². The number of hydrogen-bond donors (Lipinski definition) is 1. The van der Waals surface area contributed by atoms with Gasteiger partial charge in [-0.2, -0.15) is 8.42 Å². The van der Waals surface area contributed by atoms with Crippen molar-refractivity contribution in [3.8, 4) is 0 Å². The van der Waals surface area contributed by atoms with Crippen LogP contribution in [0.15, 0.2) is 29.2 Å². The topological polar surface area (TPSA) is 152 Å². The molecule has 0 amide bonds. The largest absolute Gasteiger partial charge is 0.456 e. The molecule has 5 atom stereocenters. The summed E-state index contributed by atoms with van der Waals surface area (Å²) in [5.41, 5.74) is 0.841. The van der Waals surface area contributed by atoms with Gasteiger partial charge in [0, 0.05) is 20.8 Å². The summed E-state index contributed by atoms with van der Waals surface area (Å²) >= 11 is 0. The monoisotopic (exact) mass is 460 g/mol. The van der Waals surface area contributed by atoms with Gasteiger partial charge < -0.3 is 24.1 Å². The molecule has 2 rings (SSSR count). The van der Waals surface area contributed by atoms with Crippen LogP contribution in [0.4, 0.5) is 0 Å². The lowest BCUT2D eigenvalue weighted by Gasteiger charge is -2.42. The molecule has 0 aliphatic carbocycles. The van der Waals surface area contributed by atoms with Crippen LogP contribution in [0.25, 0.3) is 0 Å². The van der Waals surface area contributed by atoms with Crippen molar-refractivity contribution in [2.45, 2.75) is 63.3 Å². The number of aliphatic hydroxyl groups is 1. The van der Waals surface area contributed by atoms with Crippen molar-refractivity contribution < 1.29 is 51.0 Å². The first-order valence-corrected chi connectivity index (χ1v) is 10.6. The zero-order chi connectivity index (χ0) is 23.3. The Labute approximate surface area is 179 Å². The molecule has 1 aromatic rings. The minimum Gasteiger partial charge on any atom is -0.456 e. The third kappa shape index (κ3) is 6.72. The van der Waals surface area contributed by atoms with Crippen molar-refractivity contribution in [3.63, 3.8) is 0 Å². The van der Waals surface area contributed by atoms with Crippen molar-refractivity contribution >= 4 is 28.0 Å². The zero-order valence-electron chi connectivity index (χ0n) is 17.3. The molecule has 1 N–H and O–H groups in total. The summed E-state index contributed by atoms with van der Waals surface area (Å²) < 4.78 is 50.5. The van der Waals surface area contributed by atoms with Gasteiger partial charge in [-0.1, -0.05) is 17.7 Å². The summed E-state index contributed by atoms with van der Waals surface area (Å²) in [4.78, 5) is 34.4. The van der Waals surface area contributed by atoms with Crippen LogP contribution in [0, 0.1) is 6.92 Å². The highest BCUT2D eigenvalue weighted by molar-refractivity contribution is 7.86. The van der Waals surface area contributed by atoms with Gasteiger partial charge in [0.15, 0.2) is 24.6 Å². The van der Waals surface area contributed by atoms with Gasteiger partial charge in [0.25, 0.3) is 10.1 Å². The first-order valence-electron chi connectivity index (χ1n) is 9.22. The first kappa shape index (κ1) is 24.7. The molecule has 11 nitrogen and oxygen atoms in total. The Balaban J connectivity index is 2.29. The van der Waals surface area contributed by atoms with E-state index < -0.39 is 65.3 Å². The van der Waals surface area contributed by atoms with E-state index in [1.165, 1.54) is 12.1 Å². The second-order valence-electron chi connectivity index (χ2n) is 6.84. The van der Waals surface area contributed by atoms with E-state index in [0.29, 0.717) is 0 Å². The maximum atomic E-state index is 12.5. The van der Waals surface area contributed by atoms with Crippen LogP contribution in [0.5, 0.6) is 0 Å². The molecule has 1 aliphatic rings. The summed E-state index contributed by atoms with van der Waals surface area (Å²) in [6, 6.07) is 5.87. The Morgan fingerprint density at radius 2 is 1.39 bits per heavy atom. The summed E-state index contributed by atoms with van der Waals surface area (Å²) in [7, 11) is -4.21. The molecule has 1 heterocycles. The predicted octanol–water partition coefficient (Wildman–Crippen LogP) is 0.213. The van der Waals surface area contributed by atoms with Gasteiger partial charge in [0.1, 0.15) is 6.10 Å². The highest BCUT2D eigenvalue weighted by atomic mass is 32.2. The number of aliphatic hydroxyl groups excluding tert-OH is 1. The van der Waals surface area contributed by atoms with Crippen LogP contribution < -0.4 is 0 Å². The van der Waals surface area contributed by atoms with Crippen LogP contribution in [-0.2, 0) is 47.6 Å². The minimum absolute atomic E-state index is 0.118. The fourth-order valence-corrected chi connectivity index (χ4v) is 3.85. The first-order chi connectivity index (χ1) is 14.4. The molecule has 172 valence electrons. The van der Waals surface area contributed by atoms with Gasteiger partial charge in [0.2, 0.25) is 0 Å². The van der Waals surface area contributed by atoms with E-state index in [9.17, 15) is 27.9 Å². The van der Waals surface area contributed by atoms with E-state index in [1.807, 2.05) is 0 Å². The van der Waals surface area contributed by atoms with Crippen LogP contribution in [-0.4, -0.2) is 68.7 Å². The van der Waals surface area contributed by atoms with E-state index in [0.717, 1.165) is 26.3 Å². The van der Waals surface area contributed by atoms with Crippen molar-refractivity contribution in [3.05, 3.63) is 29.8 Å². The number of esters is 3. The number of rotatable bonds is 7. The van der Waals surface area contributed by atoms with E-state index >= 15 is 0 Å². The molecule has 1 aromatic carbocycles. The normalized spacial score (nSPS) is 26.0. The second kappa shape index (κ2) is 10.2. The Bertz CT molecular complexity index is 909. The van der Waals surface area contributed by atoms with E-state index in [4.69, 9.17) is 23.1 Å². The Hall–Kier alpha value is -2.54. The maximum Gasteiger partial charge on any atom is 0.303 e. The summed E-state index contributed by atoms with van der Waals surface area (Å²) in [5, 5.41) is 10.3. The molecular formula is C19H24O11S. The summed E-state index contributed by atoms with van der Waals surface area (Å²) in [6.45, 7) is 4.28. The fraction of sp³-hybridized carbons (Fsp3) is 0.526. The SMILES string of the molecule is CC(=O)O[C@@H]1[C@@H](OC(C)=O)[C@H](O)O[C@H](COS(=O)(=O)c2ccc(C)cc2)[C@H]1OC(C)=O. The lowest BCUT2D eigenvalue weighted by Crippen LogP contribution is -2.62. The summed E-state index contributed by atoms with van der Waals surface area (Å²) in [5.74, 6) is -2.45. The van der Waals surface area contributed by atoms with E-state index in [1.54, 1.807) is 19.1 Å². The fourth-order valence-electron chi connectivity index (χ4n) is 2.94. The highest BCUT2D eigenvalue weighted by Gasteiger charge is 2.51. The van der Waals surface area contributed by atoms with Crippen molar-refractivity contribution in [2.75, 3.05) is 6.61 Å². The van der Waals surface area contributed by atoms with Crippen molar-refractivity contribution in [2.24, 2.45) is 0 Å². The third-order valence-electron chi connectivity index (χ3n) is 4.21. The van der Waals surface area contributed by atoms with Crippen LogP contribution in [0.2, 0.25) is 0 Å². The molecule has 1 fully saturated rings. The molecule has 31 heavy (non-hydrogen) atoms. The smallest absolute Gasteiger partial charge is 0.303 e. The molecule has 0 spiro atoms. The number of carbonyl (C=O) groups excluding carboxylic acids is 3. The van der Waals surface area contributed by atoms with Crippen LogP contribution >= 0.6 is 0 Å². The molecule has 12 heteroatoms. The lowest BCUT2D eigenvalue weighted by atomic mass is 9.98. The Kier molecular flexibility index (Phi) is 8.12. The minimum atomic E-state index is -4.21. The van der Waals surface area contributed by atoms with Gasteiger partial charge in [0.05, 0.1) is 11.5 Å². The number of benzene rings is 1. The number of aryl methyl sites for hydroxylation is 1. The second-order valence-corrected chi connectivity index (χ2v) is 8.45. The molecule has 0 saturated carbocycles. The third-order valence-corrected chi connectivity index (χ3v) is 5.51. The van der Waals surface area contributed by atoms with Gasteiger partial charge >= 0.3 is 17.9 Å². The molecule has 0 radical (unpaired) electrons. The van der Waals surface area contributed by atoms with E-state index in [2.05, 4.69) is 0 Å². The summed E-state index contributed by atoms with van der Waals surface area (Å²) in [6.07, 6.45) is -7.59. The molecular weight excluding hydrogens is 436 g/mol. The Morgan fingerprint density at radius 3 is 1.90 bits per heavy atom. The number of hydrogen-bond acceptors (Lipinski definition) is 11. The quantitative estimate of drug-likeness (QED) is 0.338. The molecule has 0 bridgehead atoms. The molecule has 0 unspecified atom stereocenters. The molecule has 1 saturated heterocycles. The average Bonchev–Trinajstić information content (AvgIpc) is 2.65. The van der Waals surface area contributed by atoms with Crippen LogP contribution in [0.1, 0.15) is 26.3 Å². The van der Waals surface area contributed by atoms with Crippen molar-refractivity contribution in [1.82, 2.24) is 0 Å². The van der Waals surface area contributed by atoms with Gasteiger partial charge in [-0.15, -0.1) is 0 Å². The van der Waals surface area contributed by atoms with Gasteiger partial charge in [-0.05, 0) is 19.1 Å². The predicted molar refractivity (Wildman–Crippen MR) is 102 cm³/mol. The van der Waals surface area contributed by atoms with E-state index in [-0.39, 0.29) is 4.90 Å². The number of ether oxygens (including phenoxy) is 4. The number of carbonyl (C=O) groups is 3. The maximum absolute atomic E-state index is 12.5. The Morgan fingerprint density at radius 1 is 0.903 bits per heavy atom. The van der Waals surface area contributed by atoms with Crippen molar-refractivity contribution in [1.29, 1.82) is 0 Å². The molecule has 0 aromatic heterocycles. The lowest BCUT2D eigenvalue weighted by molar-refractivity contribution is -0.294. The average molecular weight is 460 g/mol. The highest BCUT2D eigenvalue weighted by Crippen LogP contribution is 2.29. The van der Waals surface area contributed by atoms with Gasteiger partial charge in [-0.3, -0.25) is 18.6 Å². The zero-order valence-corrected chi connectivity index (χ0v) is 18.2. The molecule has 1 aliphatic heterocycles.